The molecule has 0 spiro atoms. The highest BCUT2D eigenvalue weighted by molar-refractivity contribution is 5.95. The number of esters is 1. The molecule has 4 aromatic rings. The number of fused-ring (bicyclic) bond motifs is 5. The van der Waals surface area contributed by atoms with Gasteiger partial charge in [-0.25, -0.2) is 14.2 Å². The van der Waals surface area contributed by atoms with Crippen LogP contribution in [-0.2, 0) is 73.8 Å². The van der Waals surface area contributed by atoms with Crippen LogP contribution in [0.25, 0.3) is 22.3 Å². The van der Waals surface area contributed by atoms with Crippen molar-refractivity contribution in [1.82, 2.24) is 46.4 Å². The van der Waals surface area contributed by atoms with Crippen molar-refractivity contribution in [3.05, 3.63) is 97.6 Å². The quantitative estimate of drug-likeness (QED) is 0.0290. The highest BCUT2D eigenvalue weighted by atomic mass is 19.1. The minimum atomic E-state index is -1.66. The van der Waals surface area contributed by atoms with E-state index >= 15 is 4.39 Å². The molecule has 0 saturated carbocycles. The number of carbonyl (C=O) groups is 8. The summed E-state index contributed by atoms with van der Waals surface area (Å²) in [7, 11) is 1.57. The first kappa shape index (κ1) is 48.5. The summed E-state index contributed by atoms with van der Waals surface area (Å²) in [6, 6.07) is 9.80. The second-order valence-electron chi connectivity index (χ2n) is 16.8. The summed E-state index contributed by atoms with van der Waals surface area (Å²) in [6.45, 7) is 0.385. The van der Waals surface area contributed by atoms with E-state index in [1.807, 2.05) is 0 Å². The molecule has 0 unspecified atom stereocenters. The Morgan fingerprint density at radius 3 is 2.37 bits per heavy atom. The number of benzene rings is 2. The average Bonchev–Trinajstić information content (AvgIpc) is 3.67. The van der Waals surface area contributed by atoms with Gasteiger partial charge in [-0.2, -0.15) is 0 Å². The Morgan fingerprint density at radius 1 is 0.912 bits per heavy atom. The molecule has 1 aliphatic carbocycles. The van der Waals surface area contributed by atoms with Gasteiger partial charge in [0.1, 0.15) is 37.6 Å². The lowest BCUT2D eigenvalue weighted by molar-refractivity contribution is -0.157. The van der Waals surface area contributed by atoms with Crippen LogP contribution < -0.4 is 37.5 Å². The summed E-state index contributed by atoms with van der Waals surface area (Å²) in [4.78, 5) is 120. The van der Waals surface area contributed by atoms with Crippen LogP contribution in [0.4, 0.5) is 4.39 Å². The van der Waals surface area contributed by atoms with Crippen molar-refractivity contribution in [2.24, 2.45) is 0 Å². The average molecular weight is 940 g/mol. The first-order valence-corrected chi connectivity index (χ1v) is 21.7. The number of rotatable bonds is 19. The minimum Gasteiger partial charge on any atom is -0.458 e. The molecule has 0 fully saturated rings. The summed E-state index contributed by atoms with van der Waals surface area (Å²) < 4.78 is 27.2. The fraction of sp³-hybridized carbons (Fsp3) is 0.391. The maximum atomic E-state index is 15.2. The van der Waals surface area contributed by atoms with Crippen molar-refractivity contribution in [2.45, 2.75) is 64.4 Å². The largest absolute Gasteiger partial charge is 0.458 e. The third-order valence-corrected chi connectivity index (χ3v) is 11.7. The van der Waals surface area contributed by atoms with Gasteiger partial charge in [-0.15, -0.1) is 0 Å². The van der Waals surface area contributed by atoms with Gasteiger partial charge in [-0.3, -0.25) is 43.3 Å². The summed E-state index contributed by atoms with van der Waals surface area (Å²) in [5.41, 5.74) is 3.89. The van der Waals surface area contributed by atoms with Crippen LogP contribution in [0.5, 0.6) is 0 Å². The molecule has 3 aliphatic rings. The molecular formula is C46H50FN9O12. The van der Waals surface area contributed by atoms with E-state index in [1.54, 1.807) is 44.3 Å². The molecule has 6 amide bonds. The second kappa shape index (κ2) is 21.0. The van der Waals surface area contributed by atoms with Gasteiger partial charge in [0.05, 0.1) is 67.8 Å². The molecule has 0 radical (unpaired) electrons. The summed E-state index contributed by atoms with van der Waals surface area (Å²) in [5.74, 6) is -5.29. The Hall–Kier alpha value is -7.43. The number of halogens is 1. The van der Waals surface area contributed by atoms with Gasteiger partial charge in [0.15, 0.2) is 6.10 Å². The fourth-order valence-corrected chi connectivity index (χ4v) is 8.57. The van der Waals surface area contributed by atoms with Gasteiger partial charge in [0, 0.05) is 29.0 Å². The summed E-state index contributed by atoms with van der Waals surface area (Å²) >= 11 is 0. The number of aliphatic hydroxyl groups excluding tert-OH is 1. The Morgan fingerprint density at radius 2 is 1.62 bits per heavy atom. The Bertz CT molecular complexity index is 2780. The van der Waals surface area contributed by atoms with Gasteiger partial charge in [0.25, 0.3) is 5.56 Å². The molecule has 7 rings (SSSR count). The number of ketones is 1. The zero-order chi connectivity index (χ0) is 48.8. The van der Waals surface area contributed by atoms with Crippen LogP contribution in [0.15, 0.2) is 47.3 Å². The fourth-order valence-electron chi connectivity index (χ4n) is 8.57. The number of Topliss-reactive ketones (excluding diaryl/α,β-unsaturated/α-hetero) is 1. The zero-order valence-electron chi connectivity index (χ0n) is 37.4. The number of ether oxygens (including phenoxy) is 2. The number of nitrogens with one attached hydrogen (secondary N) is 6. The number of aliphatic hydroxyl groups is 1. The first-order valence-electron chi connectivity index (χ1n) is 21.7. The number of nitrogens with zero attached hydrogens (tertiary/aromatic N) is 3. The Labute approximate surface area is 387 Å². The van der Waals surface area contributed by atoms with E-state index in [2.05, 4.69) is 31.9 Å². The third kappa shape index (κ3) is 11.0. The van der Waals surface area contributed by atoms with E-state index in [1.165, 1.54) is 28.5 Å². The predicted octanol–water partition coefficient (Wildman–Crippen LogP) is -1.25. The maximum absolute atomic E-state index is 15.2. The van der Waals surface area contributed by atoms with Crippen LogP contribution in [0.2, 0.25) is 0 Å². The van der Waals surface area contributed by atoms with Gasteiger partial charge >= 0.3 is 5.97 Å². The lowest BCUT2D eigenvalue weighted by atomic mass is 9.81. The number of likely N-dealkylation sites (N-methyl/N-ethyl adjacent to an activating group) is 1. The highest BCUT2D eigenvalue weighted by Crippen LogP contribution is 2.45. The number of hydrogen-bond donors (Lipinski definition) is 7. The van der Waals surface area contributed by atoms with E-state index in [0.29, 0.717) is 57.4 Å². The molecule has 22 heteroatoms. The van der Waals surface area contributed by atoms with Crippen molar-refractivity contribution in [1.29, 1.82) is 0 Å². The minimum absolute atomic E-state index is 0.0436. The number of carbonyl (C=O) groups excluding carboxylic acids is 8. The Balaban J connectivity index is 0.915. The van der Waals surface area contributed by atoms with Gasteiger partial charge in [-0.05, 0) is 62.1 Å². The summed E-state index contributed by atoms with van der Waals surface area (Å²) in [5, 5.41) is 26.4. The maximum Gasteiger partial charge on any atom is 0.340 e. The molecular weight excluding hydrogens is 890 g/mol. The smallest absolute Gasteiger partial charge is 0.340 e. The number of cyclic esters (lactones) is 1. The lowest BCUT2D eigenvalue weighted by Gasteiger charge is -2.29. The van der Waals surface area contributed by atoms with Crippen LogP contribution in [-0.4, -0.2) is 126 Å². The van der Waals surface area contributed by atoms with Crippen molar-refractivity contribution >= 4 is 58.1 Å². The van der Waals surface area contributed by atoms with Crippen LogP contribution >= 0.6 is 0 Å². The van der Waals surface area contributed by atoms with Crippen LogP contribution in [0.3, 0.4) is 0 Å². The predicted molar refractivity (Wildman–Crippen MR) is 237 cm³/mol. The van der Waals surface area contributed by atoms with E-state index in [4.69, 9.17) is 14.5 Å². The SMILES string of the molecule is CC(=O)CN(C)CC(=O)NCC(=O)NCC(=O)N[C@@H](Cc1ccccc1)C(=O)NCC(=O)NCOCC(=O)N[C@H]1CCc2c(C)c(F)cc3nc4c(c1c23)Cn1c-4cc2c(c1=O)COC(=O)[C@H]2O. The van der Waals surface area contributed by atoms with Crippen LogP contribution in [0.1, 0.15) is 64.4 Å². The normalized spacial score (nSPS) is 15.8. The van der Waals surface area contributed by atoms with E-state index in [-0.39, 0.29) is 49.6 Å². The third-order valence-electron chi connectivity index (χ3n) is 11.7. The molecule has 0 bridgehead atoms. The lowest BCUT2D eigenvalue weighted by Crippen LogP contribution is -2.52. The number of pyridine rings is 2. The molecule has 68 heavy (non-hydrogen) atoms. The van der Waals surface area contributed by atoms with Crippen LogP contribution in [0, 0.1) is 12.7 Å². The molecule has 358 valence electrons. The van der Waals surface area contributed by atoms with Gasteiger partial charge in [0.2, 0.25) is 35.4 Å². The molecule has 2 aliphatic heterocycles. The van der Waals surface area contributed by atoms with Gasteiger partial charge < -0.3 is 51.0 Å². The molecule has 2 aromatic heterocycles. The monoisotopic (exact) mass is 939 g/mol. The summed E-state index contributed by atoms with van der Waals surface area (Å²) in [6.07, 6.45) is -0.840. The molecule has 7 N–H and O–H groups in total. The van der Waals surface area contributed by atoms with Crippen molar-refractivity contribution in [3.8, 4) is 11.4 Å². The van der Waals surface area contributed by atoms with Crippen molar-refractivity contribution in [3.63, 3.8) is 0 Å². The highest BCUT2D eigenvalue weighted by Gasteiger charge is 2.38. The molecule has 21 nitrogen and oxygen atoms in total. The molecule has 0 saturated heterocycles. The molecule has 4 heterocycles. The molecule has 2 aromatic carbocycles. The standard InChI is InChI=1S/C46H50FN9O12/c1-23(57)17-55(3)19-38(61)49-14-35(58)48-16-37(60)53-33(11-25-7-5-4-6-8-25)44(64)50-15-36(59)51-22-67-21-39(62)52-31-10-9-26-24(2)30(47)13-32-40(26)41(31)28-18-56-34(42(28)54-32)12-27-29(45(56)65)20-68-46(66)43(27)63/h4-8,12-13,31,33,43,63H,9-11,14-22H2,1-3H3,(H,48,58)(H,49,61)(H,50,64)(H,51,59)(H,52,62)(H,53,60)/t31-,33-,43-/m0/s1. The van der Waals surface area contributed by atoms with Crippen molar-refractivity contribution in [2.75, 3.05) is 53.1 Å². The Kier molecular flexibility index (Phi) is 15.0. The van der Waals surface area contributed by atoms with E-state index in [9.17, 15) is 48.3 Å². The van der Waals surface area contributed by atoms with E-state index in [0.717, 1.165) is 5.56 Å². The van der Waals surface area contributed by atoms with E-state index < -0.39 is 104 Å². The number of aryl methyl sites for hydroxylation is 1. The number of hydrogen-bond acceptors (Lipinski definition) is 14. The van der Waals surface area contributed by atoms with Gasteiger partial charge in [-0.1, -0.05) is 30.3 Å². The number of aromatic nitrogens is 2. The van der Waals surface area contributed by atoms with Crippen molar-refractivity contribution < 1.29 is 57.3 Å². The topological polar surface area (TPSA) is 286 Å². The number of amides is 6. The second-order valence-corrected chi connectivity index (χ2v) is 16.8. The zero-order valence-corrected chi connectivity index (χ0v) is 37.4. The first-order chi connectivity index (χ1) is 32.5. The molecule has 3 atom stereocenters.